The van der Waals surface area contributed by atoms with Crippen LogP contribution >= 0.6 is 0 Å². The molecule has 2 fully saturated rings. The molecule has 0 amide bonds. The first kappa shape index (κ1) is 17.2. The van der Waals surface area contributed by atoms with Crippen LogP contribution in [0.4, 0.5) is 0 Å². The van der Waals surface area contributed by atoms with Gasteiger partial charge in [-0.05, 0) is 57.7 Å². The second kappa shape index (κ2) is 9.12. The molecule has 0 aromatic carbocycles. The van der Waals surface area contributed by atoms with Crippen LogP contribution in [0.25, 0.3) is 0 Å². The van der Waals surface area contributed by atoms with Gasteiger partial charge in [0, 0.05) is 32.2 Å². The minimum atomic E-state index is 0.793. The molecule has 21 heavy (non-hydrogen) atoms. The summed E-state index contributed by atoms with van der Waals surface area (Å²) in [5, 5.41) is 3.83. The third-order valence-electron chi connectivity index (χ3n) is 5.64. The van der Waals surface area contributed by atoms with E-state index in [9.17, 15) is 0 Å². The van der Waals surface area contributed by atoms with Gasteiger partial charge in [0.15, 0.2) is 0 Å². The molecule has 1 aliphatic heterocycles. The van der Waals surface area contributed by atoms with Crippen molar-refractivity contribution in [3.05, 3.63) is 0 Å². The highest BCUT2D eigenvalue weighted by Gasteiger charge is 2.20. The van der Waals surface area contributed by atoms with E-state index in [4.69, 9.17) is 0 Å². The zero-order valence-corrected chi connectivity index (χ0v) is 14.6. The first-order valence-electron chi connectivity index (χ1n) is 9.29. The minimum Gasteiger partial charge on any atom is -0.314 e. The van der Waals surface area contributed by atoms with Gasteiger partial charge >= 0.3 is 0 Å². The molecule has 0 spiro atoms. The Labute approximate surface area is 132 Å². The molecule has 1 N–H and O–H groups in total. The predicted octanol–water partition coefficient (Wildman–Crippen LogP) is 2.82. The molecule has 3 heteroatoms. The molecule has 1 aliphatic carbocycles. The van der Waals surface area contributed by atoms with Gasteiger partial charge in [0.25, 0.3) is 0 Å². The Bertz CT molecular complexity index is 272. The van der Waals surface area contributed by atoms with Crippen molar-refractivity contribution >= 4 is 0 Å². The fourth-order valence-corrected chi connectivity index (χ4v) is 3.88. The second-order valence-electron chi connectivity index (χ2n) is 7.66. The SMILES string of the molecule is CC(C)C1CCCC(NCCCN2CCN(C)CC2)CC1. The van der Waals surface area contributed by atoms with E-state index < -0.39 is 0 Å². The third-order valence-corrected chi connectivity index (χ3v) is 5.64. The number of likely N-dealkylation sites (N-methyl/N-ethyl adjacent to an activating group) is 1. The Morgan fingerprint density at radius 2 is 1.76 bits per heavy atom. The highest BCUT2D eigenvalue weighted by molar-refractivity contribution is 4.77. The van der Waals surface area contributed by atoms with Gasteiger partial charge < -0.3 is 15.1 Å². The molecular formula is C18H37N3. The van der Waals surface area contributed by atoms with Gasteiger partial charge in [-0.1, -0.05) is 26.7 Å². The Hall–Kier alpha value is -0.120. The van der Waals surface area contributed by atoms with Crippen LogP contribution in [0.3, 0.4) is 0 Å². The van der Waals surface area contributed by atoms with Crippen molar-refractivity contribution in [1.82, 2.24) is 15.1 Å². The monoisotopic (exact) mass is 295 g/mol. The lowest BCUT2D eigenvalue weighted by molar-refractivity contribution is 0.152. The smallest absolute Gasteiger partial charge is 0.0110 e. The van der Waals surface area contributed by atoms with Crippen LogP contribution in [0.1, 0.15) is 52.4 Å². The van der Waals surface area contributed by atoms with Gasteiger partial charge in [-0.3, -0.25) is 0 Å². The first-order chi connectivity index (χ1) is 10.1. The molecule has 0 aromatic heterocycles. The van der Waals surface area contributed by atoms with Crippen LogP contribution in [0.15, 0.2) is 0 Å². The van der Waals surface area contributed by atoms with Crippen molar-refractivity contribution in [2.75, 3.05) is 46.3 Å². The quantitative estimate of drug-likeness (QED) is 0.600. The summed E-state index contributed by atoms with van der Waals surface area (Å²) in [6, 6.07) is 0.793. The van der Waals surface area contributed by atoms with Crippen LogP contribution in [0, 0.1) is 11.8 Å². The van der Waals surface area contributed by atoms with Gasteiger partial charge in [0.2, 0.25) is 0 Å². The van der Waals surface area contributed by atoms with E-state index in [1.807, 2.05) is 0 Å². The maximum atomic E-state index is 3.83. The molecule has 1 heterocycles. The Morgan fingerprint density at radius 3 is 2.48 bits per heavy atom. The molecular weight excluding hydrogens is 258 g/mol. The average Bonchev–Trinajstić information content (AvgIpc) is 2.71. The predicted molar refractivity (Wildman–Crippen MR) is 91.8 cm³/mol. The fraction of sp³-hybridized carbons (Fsp3) is 1.00. The molecule has 124 valence electrons. The molecule has 2 atom stereocenters. The van der Waals surface area contributed by atoms with Gasteiger partial charge in [-0.15, -0.1) is 0 Å². The van der Waals surface area contributed by atoms with Gasteiger partial charge in [-0.2, -0.15) is 0 Å². The normalized spacial score (nSPS) is 29.7. The van der Waals surface area contributed by atoms with Crippen molar-refractivity contribution < 1.29 is 0 Å². The fourth-order valence-electron chi connectivity index (χ4n) is 3.88. The molecule has 2 rings (SSSR count). The van der Waals surface area contributed by atoms with Gasteiger partial charge in [0.1, 0.15) is 0 Å². The molecule has 0 aromatic rings. The van der Waals surface area contributed by atoms with Crippen molar-refractivity contribution in [2.24, 2.45) is 11.8 Å². The summed E-state index contributed by atoms with van der Waals surface area (Å²) in [5.74, 6) is 1.85. The lowest BCUT2D eigenvalue weighted by atomic mass is 9.89. The van der Waals surface area contributed by atoms with Gasteiger partial charge in [0.05, 0.1) is 0 Å². The summed E-state index contributed by atoms with van der Waals surface area (Å²) >= 11 is 0. The summed E-state index contributed by atoms with van der Waals surface area (Å²) in [7, 11) is 2.23. The van der Waals surface area contributed by atoms with E-state index in [1.54, 1.807) is 0 Å². The van der Waals surface area contributed by atoms with Crippen LogP contribution in [0.2, 0.25) is 0 Å². The Kier molecular flexibility index (Phi) is 7.48. The highest BCUT2D eigenvalue weighted by atomic mass is 15.2. The van der Waals surface area contributed by atoms with E-state index in [0.717, 1.165) is 17.9 Å². The number of hydrogen-bond donors (Lipinski definition) is 1. The average molecular weight is 296 g/mol. The molecule has 0 bridgehead atoms. The van der Waals surface area contributed by atoms with Crippen LogP contribution in [0.5, 0.6) is 0 Å². The first-order valence-corrected chi connectivity index (χ1v) is 9.29. The maximum Gasteiger partial charge on any atom is 0.0110 e. The highest BCUT2D eigenvalue weighted by Crippen LogP contribution is 2.28. The molecule has 1 saturated carbocycles. The Morgan fingerprint density at radius 1 is 1.00 bits per heavy atom. The molecule has 1 saturated heterocycles. The van der Waals surface area contributed by atoms with E-state index in [1.165, 1.54) is 77.8 Å². The molecule has 0 radical (unpaired) electrons. The van der Waals surface area contributed by atoms with Crippen molar-refractivity contribution in [3.63, 3.8) is 0 Å². The van der Waals surface area contributed by atoms with E-state index in [2.05, 4.69) is 36.0 Å². The number of nitrogens with zero attached hydrogens (tertiary/aromatic N) is 2. The van der Waals surface area contributed by atoms with Crippen molar-refractivity contribution in [2.45, 2.75) is 58.4 Å². The Balaban J connectivity index is 1.54. The van der Waals surface area contributed by atoms with Crippen LogP contribution < -0.4 is 5.32 Å². The topological polar surface area (TPSA) is 18.5 Å². The van der Waals surface area contributed by atoms with Crippen LogP contribution in [-0.2, 0) is 0 Å². The zero-order valence-electron chi connectivity index (χ0n) is 14.6. The largest absolute Gasteiger partial charge is 0.314 e. The summed E-state index contributed by atoms with van der Waals surface area (Å²) in [4.78, 5) is 5.06. The number of piperazine rings is 1. The standard InChI is InChI=1S/C18H37N3/c1-16(2)17-6-4-7-18(9-8-17)19-10-5-11-21-14-12-20(3)13-15-21/h16-19H,4-15H2,1-3H3. The number of rotatable bonds is 6. The molecule has 3 nitrogen and oxygen atoms in total. The number of nitrogens with one attached hydrogen (secondary N) is 1. The second-order valence-corrected chi connectivity index (χ2v) is 7.66. The lowest BCUT2D eigenvalue weighted by Gasteiger charge is -2.32. The van der Waals surface area contributed by atoms with Gasteiger partial charge in [-0.25, -0.2) is 0 Å². The maximum absolute atomic E-state index is 3.83. The van der Waals surface area contributed by atoms with Crippen molar-refractivity contribution in [3.8, 4) is 0 Å². The summed E-state index contributed by atoms with van der Waals surface area (Å²) in [6.45, 7) is 12.3. The van der Waals surface area contributed by atoms with Crippen LogP contribution in [-0.4, -0.2) is 62.2 Å². The third kappa shape index (κ3) is 6.25. The lowest BCUT2D eigenvalue weighted by Crippen LogP contribution is -2.45. The summed E-state index contributed by atoms with van der Waals surface area (Å²) < 4.78 is 0. The summed E-state index contributed by atoms with van der Waals surface area (Å²) in [5.41, 5.74) is 0. The molecule has 2 aliphatic rings. The molecule has 2 unspecified atom stereocenters. The van der Waals surface area contributed by atoms with Crippen molar-refractivity contribution in [1.29, 1.82) is 0 Å². The minimum absolute atomic E-state index is 0.793. The van der Waals surface area contributed by atoms with E-state index in [-0.39, 0.29) is 0 Å². The summed E-state index contributed by atoms with van der Waals surface area (Å²) in [6.07, 6.45) is 8.44. The van der Waals surface area contributed by atoms with E-state index >= 15 is 0 Å². The number of hydrogen-bond acceptors (Lipinski definition) is 3. The zero-order chi connectivity index (χ0) is 15.1. The van der Waals surface area contributed by atoms with E-state index in [0.29, 0.717) is 0 Å².